The molecule has 0 unspecified atom stereocenters. The number of amides is 1. The van der Waals surface area contributed by atoms with Crippen molar-refractivity contribution in [3.05, 3.63) is 30.1 Å². The Hall–Kier alpha value is -2.59. The highest BCUT2D eigenvalue weighted by molar-refractivity contribution is 5.81. The van der Waals surface area contributed by atoms with Crippen LogP contribution in [0.5, 0.6) is 0 Å². The van der Waals surface area contributed by atoms with Crippen molar-refractivity contribution < 1.29 is 4.79 Å². The minimum Gasteiger partial charge on any atom is -0.367 e. The van der Waals surface area contributed by atoms with Gasteiger partial charge in [0.25, 0.3) is 0 Å². The van der Waals surface area contributed by atoms with E-state index in [4.69, 9.17) is 5.73 Å². The summed E-state index contributed by atoms with van der Waals surface area (Å²) in [6.45, 7) is 5.48. The number of carbonyl (C=O) groups is 1. The first-order valence-corrected chi connectivity index (χ1v) is 8.17. The van der Waals surface area contributed by atoms with Crippen LogP contribution in [0.3, 0.4) is 0 Å². The average Bonchev–Trinajstić information content (AvgIpc) is 3.02. The number of rotatable bonds is 3. The number of hydrogen-bond acceptors (Lipinski definition) is 5. The number of pyridine rings is 1. The number of aromatic nitrogens is 2. The van der Waals surface area contributed by atoms with E-state index in [2.05, 4.69) is 28.3 Å². The number of nitriles is 1. The molecule has 3 atom stereocenters. The van der Waals surface area contributed by atoms with E-state index >= 15 is 0 Å². The first-order valence-electron chi connectivity index (χ1n) is 8.17. The number of carbonyl (C=O) groups excluding carboxylic acids is 1. The molecule has 1 aliphatic heterocycles. The molecule has 0 aromatic carbocycles. The van der Waals surface area contributed by atoms with Crippen LogP contribution in [0, 0.1) is 17.2 Å². The lowest BCUT2D eigenvalue weighted by Crippen LogP contribution is -2.53. The maximum absolute atomic E-state index is 11.9. The molecule has 3 heterocycles. The Kier molecular flexibility index (Phi) is 4.40. The lowest BCUT2D eigenvalue weighted by Gasteiger charge is -2.38. The SMILES string of the molecule is C[C@H]1C[C@@H](NC(=O)[C@H](C)N)CN(c2ccc(C#N)n3nccc23)C1. The molecule has 24 heavy (non-hydrogen) atoms. The van der Waals surface area contributed by atoms with Crippen molar-refractivity contribution in [2.75, 3.05) is 18.0 Å². The van der Waals surface area contributed by atoms with Crippen molar-refractivity contribution in [3.63, 3.8) is 0 Å². The third-order valence-electron chi connectivity index (χ3n) is 4.41. The number of hydrogen-bond donors (Lipinski definition) is 2. The van der Waals surface area contributed by atoms with Gasteiger partial charge in [-0.05, 0) is 37.5 Å². The Morgan fingerprint density at radius 3 is 2.96 bits per heavy atom. The predicted molar refractivity (Wildman–Crippen MR) is 91.5 cm³/mol. The molecule has 0 radical (unpaired) electrons. The molecule has 1 aliphatic rings. The summed E-state index contributed by atoms with van der Waals surface area (Å²) in [4.78, 5) is 14.2. The van der Waals surface area contributed by atoms with Gasteiger partial charge in [-0.2, -0.15) is 10.4 Å². The van der Waals surface area contributed by atoms with E-state index in [0.29, 0.717) is 11.6 Å². The van der Waals surface area contributed by atoms with Gasteiger partial charge in [-0.25, -0.2) is 4.52 Å². The minimum absolute atomic E-state index is 0.0610. The standard InChI is InChI=1S/C17H22N6O/c1-11-7-13(21-17(24)12(2)19)10-22(9-11)15-4-3-14(8-18)23-16(15)5-6-20-23/h3-6,11-13H,7,9-10,19H2,1-2H3,(H,21,24)/t11-,12-,13+/m0/s1. The summed E-state index contributed by atoms with van der Waals surface area (Å²) in [7, 11) is 0. The largest absolute Gasteiger partial charge is 0.367 e. The normalized spacial score (nSPS) is 22.2. The molecule has 0 bridgehead atoms. The van der Waals surface area contributed by atoms with Gasteiger partial charge >= 0.3 is 0 Å². The van der Waals surface area contributed by atoms with E-state index in [1.165, 1.54) is 0 Å². The van der Waals surface area contributed by atoms with E-state index < -0.39 is 6.04 Å². The second-order valence-corrected chi connectivity index (χ2v) is 6.58. The topological polar surface area (TPSA) is 99.5 Å². The minimum atomic E-state index is -0.507. The van der Waals surface area contributed by atoms with E-state index in [-0.39, 0.29) is 11.9 Å². The molecule has 7 nitrogen and oxygen atoms in total. The number of piperidine rings is 1. The van der Waals surface area contributed by atoms with E-state index in [0.717, 1.165) is 30.7 Å². The summed E-state index contributed by atoms with van der Waals surface area (Å²) in [5.41, 5.74) is 8.09. The molecule has 1 fully saturated rings. The van der Waals surface area contributed by atoms with Crippen LogP contribution >= 0.6 is 0 Å². The van der Waals surface area contributed by atoms with Gasteiger partial charge in [0.05, 0.1) is 23.4 Å². The van der Waals surface area contributed by atoms with Gasteiger partial charge < -0.3 is 16.0 Å². The molecule has 1 amide bonds. The van der Waals surface area contributed by atoms with Crippen molar-refractivity contribution in [3.8, 4) is 6.07 Å². The lowest BCUT2D eigenvalue weighted by atomic mass is 9.95. The molecule has 126 valence electrons. The Labute approximate surface area is 141 Å². The molecule has 0 spiro atoms. The van der Waals surface area contributed by atoms with E-state index in [9.17, 15) is 10.1 Å². The highest BCUT2D eigenvalue weighted by Gasteiger charge is 2.28. The summed E-state index contributed by atoms with van der Waals surface area (Å²) < 4.78 is 1.66. The molecule has 3 rings (SSSR count). The fraction of sp³-hybridized carbons (Fsp3) is 0.471. The number of nitrogens with zero attached hydrogens (tertiary/aromatic N) is 4. The summed E-state index contributed by atoms with van der Waals surface area (Å²) in [6.07, 6.45) is 2.63. The van der Waals surface area contributed by atoms with Crippen LogP contribution < -0.4 is 16.0 Å². The number of nitrogens with one attached hydrogen (secondary N) is 1. The lowest BCUT2D eigenvalue weighted by molar-refractivity contribution is -0.122. The van der Waals surface area contributed by atoms with Gasteiger partial charge in [0.1, 0.15) is 11.8 Å². The van der Waals surface area contributed by atoms with Crippen molar-refractivity contribution in [2.24, 2.45) is 11.7 Å². The molecular formula is C17H22N6O. The second-order valence-electron chi connectivity index (χ2n) is 6.58. The zero-order valence-electron chi connectivity index (χ0n) is 13.9. The van der Waals surface area contributed by atoms with E-state index in [1.807, 2.05) is 12.1 Å². The van der Waals surface area contributed by atoms with Gasteiger partial charge in [0, 0.05) is 19.1 Å². The first-order chi connectivity index (χ1) is 11.5. The molecule has 2 aromatic heterocycles. The van der Waals surface area contributed by atoms with Crippen molar-refractivity contribution in [1.29, 1.82) is 5.26 Å². The maximum atomic E-state index is 11.9. The molecule has 0 aliphatic carbocycles. The molecule has 0 saturated carbocycles. The zero-order valence-corrected chi connectivity index (χ0v) is 13.9. The number of nitrogens with two attached hydrogens (primary N) is 1. The predicted octanol–water partition coefficient (Wildman–Crippen LogP) is 0.884. The third-order valence-corrected chi connectivity index (χ3v) is 4.41. The summed E-state index contributed by atoms with van der Waals surface area (Å²) >= 11 is 0. The average molecular weight is 326 g/mol. The fourth-order valence-corrected chi connectivity index (χ4v) is 3.34. The van der Waals surface area contributed by atoms with Crippen molar-refractivity contribution in [2.45, 2.75) is 32.4 Å². The van der Waals surface area contributed by atoms with Gasteiger partial charge in [0.15, 0.2) is 0 Å². The second kappa shape index (κ2) is 6.49. The zero-order chi connectivity index (χ0) is 17.3. The Morgan fingerprint density at radius 2 is 2.25 bits per heavy atom. The molecule has 3 N–H and O–H groups in total. The van der Waals surface area contributed by atoms with Crippen LogP contribution in [0.15, 0.2) is 24.4 Å². The van der Waals surface area contributed by atoms with Crippen molar-refractivity contribution >= 4 is 17.1 Å². The highest BCUT2D eigenvalue weighted by Crippen LogP contribution is 2.28. The number of fused-ring (bicyclic) bond motifs is 1. The first kappa shape index (κ1) is 16.3. The monoisotopic (exact) mass is 326 g/mol. The van der Waals surface area contributed by atoms with Crippen LogP contribution in [-0.2, 0) is 4.79 Å². The molecule has 7 heteroatoms. The smallest absolute Gasteiger partial charge is 0.236 e. The summed E-state index contributed by atoms with van der Waals surface area (Å²) in [6, 6.07) is 7.35. The Bertz CT molecular complexity index is 790. The third kappa shape index (κ3) is 3.05. The quantitative estimate of drug-likeness (QED) is 0.872. The molecule has 1 saturated heterocycles. The van der Waals surface area contributed by atoms with Crippen molar-refractivity contribution in [1.82, 2.24) is 14.9 Å². The molecular weight excluding hydrogens is 304 g/mol. The van der Waals surface area contributed by atoms with Gasteiger partial charge in [-0.15, -0.1) is 0 Å². The summed E-state index contributed by atoms with van der Waals surface area (Å²) in [5, 5.41) is 16.5. The maximum Gasteiger partial charge on any atom is 0.236 e. The van der Waals surface area contributed by atoms with Crippen LogP contribution in [0.4, 0.5) is 5.69 Å². The van der Waals surface area contributed by atoms with E-state index in [1.54, 1.807) is 23.7 Å². The Morgan fingerprint density at radius 1 is 1.46 bits per heavy atom. The van der Waals surface area contributed by atoms with Gasteiger partial charge in [0.2, 0.25) is 5.91 Å². The fourth-order valence-electron chi connectivity index (χ4n) is 3.34. The van der Waals surface area contributed by atoms with Crippen LogP contribution in [0.25, 0.3) is 5.52 Å². The summed E-state index contributed by atoms with van der Waals surface area (Å²) in [5.74, 6) is 0.319. The Balaban J connectivity index is 1.88. The molecule has 2 aromatic rings. The van der Waals surface area contributed by atoms with Gasteiger partial charge in [-0.1, -0.05) is 6.92 Å². The van der Waals surface area contributed by atoms with Crippen LogP contribution in [0.2, 0.25) is 0 Å². The highest BCUT2D eigenvalue weighted by atomic mass is 16.2. The van der Waals surface area contributed by atoms with Crippen LogP contribution in [-0.4, -0.2) is 40.7 Å². The van der Waals surface area contributed by atoms with Crippen LogP contribution in [0.1, 0.15) is 26.0 Å². The number of anilines is 1. The van der Waals surface area contributed by atoms with Gasteiger partial charge in [-0.3, -0.25) is 4.79 Å².